The lowest BCUT2D eigenvalue weighted by atomic mass is 10.0. The summed E-state index contributed by atoms with van der Waals surface area (Å²) in [5.41, 5.74) is -0.175. The molecule has 1 aromatic carbocycles. The Balaban J connectivity index is 3.30. The molecule has 0 heterocycles. The Bertz CT molecular complexity index is 497. The molecule has 0 unspecified atom stereocenters. The van der Waals surface area contributed by atoms with Crippen molar-refractivity contribution in [2.45, 2.75) is 13.5 Å². The average molecular weight is 255 g/mol. The number of phenolic OH excluding ortho intramolecular Hbond substituents is 3. The Morgan fingerprint density at radius 2 is 1.89 bits per heavy atom. The molecule has 0 saturated heterocycles. The van der Waals surface area contributed by atoms with Crippen molar-refractivity contribution in [2.75, 3.05) is 7.11 Å². The van der Waals surface area contributed by atoms with E-state index in [1.165, 1.54) is 6.92 Å². The first-order valence-electron chi connectivity index (χ1n) is 4.98. The van der Waals surface area contributed by atoms with Crippen molar-refractivity contribution in [1.29, 1.82) is 0 Å². The molecule has 7 heteroatoms. The number of amides is 1. The molecule has 1 amide bonds. The van der Waals surface area contributed by atoms with E-state index in [0.717, 1.165) is 13.2 Å². The molecule has 98 valence electrons. The Morgan fingerprint density at radius 1 is 1.28 bits per heavy atom. The van der Waals surface area contributed by atoms with Crippen LogP contribution >= 0.6 is 0 Å². The fraction of sp³-hybridized carbons (Fsp3) is 0.273. The summed E-state index contributed by atoms with van der Waals surface area (Å²) in [6, 6.07) is 0.956. The van der Waals surface area contributed by atoms with Crippen molar-refractivity contribution in [3.05, 3.63) is 17.2 Å². The predicted octanol–water partition coefficient (Wildman–Crippen LogP) is 0.226. The van der Waals surface area contributed by atoms with Gasteiger partial charge in [-0.15, -0.1) is 0 Å². The number of ether oxygens (including phenoxy) is 1. The van der Waals surface area contributed by atoms with Crippen molar-refractivity contribution < 1.29 is 29.6 Å². The molecule has 0 aliphatic carbocycles. The first kappa shape index (κ1) is 13.6. The number of hydrogen-bond acceptors (Lipinski definition) is 6. The molecular weight excluding hydrogens is 242 g/mol. The van der Waals surface area contributed by atoms with Crippen LogP contribution in [-0.4, -0.2) is 34.3 Å². The van der Waals surface area contributed by atoms with Gasteiger partial charge in [0.1, 0.15) is 0 Å². The molecule has 0 aromatic heterocycles. The third-order valence-corrected chi connectivity index (χ3v) is 2.28. The van der Waals surface area contributed by atoms with Crippen LogP contribution < -0.4 is 5.32 Å². The highest BCUT2D eigenvalue weighted by Gasteiger charge is 2.21. The summed E-state index contributed by atoms with van der Waals surface area (Å²) in [5, 5.41) is 30.7. The van der Waals surface area contributed by atoms with Crippen LogP contribution in [0.25, 0.3) is 0 Å². The minimum atomic E-state index is -0.805. The molecule has 0 aliphatic heterocycles. The molecule has 0 bridgehead atoms. The van der Waals surface area contributed by atoms with E-state index in [0.29, 0.717) is 0 Å². The summed E-state index contributed by atoms with van der Waals surface area (Å²) in [6.45, 7) is 1.08. The number of benzene rings is 1. The number of carbonyl (C=O) groups excluding carboxylic acids is 2. The maximum atomic E-state index is 11.5. The molecule has 0 atom stereocenters. The van der Waals surface area contributed by atoms with E-state index in [9.17, 15) is 24.9 Å². The summed E-state index contributed by atoms with van der Waals surface area (Å²) in [7, 11) is 1.13. The molecule has 0 radical (unpaired) electrons. The number of nitrogens with one attached hydrogen (secondary N) is 1. The Hall–Kier alpha value is -2.44. The molecule has 0 saturated carbocycles. The predicted molar refractivity (Wildman–Crippen MR) is 60.3 cm³/mol. The molecule has 0 spiro atoms. The lowest BCUT2D eigenvalue weighted by Crippen LogP contribution is -2.21. The van der Waals surface area contributed by atoms with Crippen LogP contribution in [0, 0.1) is 0 Å². The molecule has 4 N–H and O–H groups in total. The molecule has 7 nitrogen and oxygen atoms in total. The van der Waals surface area contributed by atoms with Crippen LogP contribution in [0.1, 0.15) is 22.8 Å². The number of aromatic hydroxyl groups is 3. The number of methoxy groups -OCH3 is 1. The minimum absolute atomic E-state index is 0.0349. The van der Waals surface area contributed by atoms with Gasteiger partial charge in [0, 0.05) is 19.0 Å². The number of hydrogen-bond donors (Lipinski definition) is 4. The second-order valence-electron chi connectivity index (χ2n) is 3.52. The number of rotatable bonds is 3. The Labute approximate surface area is 103 Å². The van der Waals surface area contributed by atoms with Crippen molar-refractivity contribution in [1.82, 2.24) is 5.32 Å². The number of phenols is 3. The van der Waals surface area contributed by atoms with Gasteiger partial charge in [-0.1, -0.05) is 0 Å². The zero-order valence-corrected chi connectivity index (χ0v) is 9.85. The van der Waals surface area contributed by atoms with Gasteiger partial charge in [0.2, 0.25) is 11.7 Å². The molecule has 18 heavy (non-hydrogen) atoms. The smallest absolute Gasteiger partial charge is 0.338 e. The fourth-order valence-corrected chi connectivity index (χ4v) is 1.37. The third-order valence-electron chi connectivity index (χ3n) is 2.28. The topological polar surface area (TPSA) is 116 Å². The van der Waals surface area contributed by atoms with Gasteiger partial charge in [0.05, 0.1) is 12.7 Å². The van der Waals surface area contributed by atoms with E-state index in [1.54, 1.807) is 0 Å². The monoisotopic (exact) mass is 255 g/mol. The standard InChI is InChI=1S/C11H13NO6/c1-5(13)12-4-7-6(11(17)18-2)3-8(14)10(16)9(7)15/h3,14-16H,4H2,1-2H3,(H,12,13). The molecule has 1 rings (SSSR count). The van der Waals surface area contributed by atoms with Crippen LogP contribution in [0.5, 0.6) is 17.2 Å². The van der Waals surface area contributed by atoms with Crippen molar-refractivity contribution in [3.63, 3.8) is 0 Å². The van der Waals surface area contributed by atoms with Crippen LogP contribution in [0.4, 0.5) is 0 Å². The van der Waals surface area contributed by atoms with E-state index in [4.69, 9.17) is 0 Å². The molecule has 1 aromatic rings. The molecule has 0 fully saturated rings. The zero-order chi connectivity index (χ0) is 13.9. The number of carbonyl (C=O) groups is 2. The zero-order valence-electron chi connectivity index (χ0n) is 9.85. The minimum Gasteiger partial charge on any atom is -0.504 e. The van der Waals surface area contributed by atoms with Crippen LogP contribution in [-0.2, 0) is 16.1 Å². The maximum absolute atomic E-state index is 11.5. The van der Waals surface area contributed by atoms with Gasteiger partial charge in [-0.25, -0.2) is 4.79 Å². The van der Waals surface area contributed by atoms with Gasteiger partial charge in [0.15, 0.2) is 11.5 Å². The Kier molecular flexibility index (Phi) is 3.98. The van der Waals surface area contributed by atoms with Gasteiger partial charge in [-0.3, -0.25) is 4.79 Å². The lowest BCUT2D eigenvalue weighted by molar-refractivity contribution is -0.119. The second-order valence-corrected chi connectivity index (χ2v) is 3.52. The highest BCUT2D eigenvalue weighted by molar-refractivity contribution is 5.93. The summed E-state index contributed by atoms with van der Waals surface area (Å²) < 4.78 is 4.48. The van der Waals surface area contributed by atoms with Gasteiger partial charge < -0.3 is 25.4 Å². The fourth-order valence-electron chi connectivity index (χ4n) is 1.37. The van der Waals surface area contributed by atoms with Gasteiger partial charge in [-0.05, 0) is 6.07 Å². The summed E-state index contributed by atoms with van der Waals surface area (Å²) >= 11 is 0. The van der Waals surface area contributed by atoms with E-state index in [-0.39, 0.29) is 23.6 Å². The van der Waals surface area contributed by atoms with Crippen LogP contribution in [0.2, 0.25) is 0 Å². The quantitative estimate of drug-likeness (QED) is 0.453. The highest BCUT2D eigenvalue weighted by atomic mass is 16.5. The van der Waals surface area contributed by atoms with E-state index in [1.807, 2.05) is 0 Å². The average Bonchev–Trinajstić information content (AvgIpc) is 2.33. The van der Waals surface area contributed by atoms with E-state index in [2.05, 4.69) is 10.1 Å². The lowest BCUT2D eigenvalue weighted by Gasteiger charge is -2.12. The van der Waals surface area contributed by atoms with Crippen molar-refractivity contribution in [2.24, 2.45) is 0 Å². The van der Waals surface area contributed by atoms with E-state index >= 15 is 0 Å². The summed E-state index contributed by atoms with van der Waals surface area (Å²) in [4.78, 5) is 22.3. The third kappa shape index (κ3) is 2.62. The molecular formula is C11H13NO6. The normalized spacial score (nSPS) is 9.89. The first-order valence-corrected chi connectivity index (χ1v) is 4.98. The highest BCUT2D eigenvalue weighted by Crippen LogP contribution is 2.39. The largest absolute Gasteiger partial charge is 0.504 e. The van der Waals surface area contributed by atoms with Crippen molar-refractivity contribution >= 4 is 11.9 Å². The summed E-state index contributed by atoms with van der Waals surface area (Å²) in [5.74, 6) is -3.27. The Morgan fingerprint density at radius 3 is 2.39 bits per heavy atom. The van der Waals surface area contributed by atoms with E-state index < -0.39 is 23.2 Å². The van der Waals surface area contributed by atoms with Gasteiger partial charge in [0.25, 0.3) is 0 Å². The van der Waals surface area contributed by atoms with Crippen LogP contribution in [0.15, 0.2) is 6.07 Å². The van der Waals surface area contributed by atoms with Gasteiger partial charge in [-0.2, -0.15) is 0 Å². The van der Waals surface area contributed by atoms with Crippen molar-refractivity contribution in [3.8, 4) is 17.2 Å². The SMILES string of the molecule is COC(=O)c1cc(O)c(O)c(O)c1CNC(C)=O. The molecule has 0 aliphatic rings. The van der Waals surface area contributed by atoms with Crippen LogP contribution in [0.3, 0.4) is 0 Å². The second kappa shape index (κ2) is 5.26. The summed E-state index contributed by atoms with van der Waals surface area (Å²) in [6.07, 6.45) is 0. The van der Waals surface area contributed by atoms with Gasteiger partial charge >= 0.3 is 5.97 Å². The maximum Gasteiger partial charge on any atom is 0.338 e. The number of esters is 1. The first-order chi connectivity index (χ1) is 8.38.